The van der Waals surface area contributed by atoms with E-state index >= 15 is 0 Å². The minimum atomic E-state index is -0.244. The third-order valence-electron chi connectivity index (χ3n) is 4.79. The van der Waals surface area contributed by atoms with Crippen LogP contribution in [0, 0.1) is 35.5 Å². The van der Waals surface area contributed by atoms with Crippen molar-refractivity contribution in [2.24, 2.45) is 35.5 Å². The molecular formula is C12H16O4. The summed E-state index contributed by atoms with van der Waals surface area (Å²) in [5, 5.41) is 0. The van der Waals surface area contributed by atoms with Crippen molar-refractivity contribution in [1.82, 2.24) is 0 Å². The normalized spacial score (nSPS) is 47.4. The molecule has 3 aliphatic rings. The molecule has 3 aliphatic carbocycles. The molecule has 0 amide bonds. The molecule has 0 radical (unpaired) electrons. The maximum Gasteiger partial charge on any atom is 0.309 e. The van der Waals surface area contributed by atoms with Gasteiger partial charge in [0.05, 0.1) is 26.1 Å². The highest BCUT2D eigenvalue weighted by molar-refractivity contribution is 5.84. The van der Waals surface area contributed by atoms with Crippen LogP contribution in [-0.2, 0) is 19.1 Å². The molecule has 0 aromatic rings. The lowest BCUT2D eigenvalue weighted by molar-refractivity contribution is -0.160. The molecule has 4 nitrogen and oxygen atoms in total. The van der Waals surface area contributed by atoms with Crippen LogP contribution in [0.5, 0.6) is 0 Å². The van der Waals surface area contributed by atoms with Gasteiger partial charge < -0.3 is 9.47 Å². The molecule has 4 heteroatoms. The molecule has 0 spiro atoms. The molecule has 0 N–H and O–H groups in total. The van der Waals surface area contributed by atoms with Crippen molar-refractivity contribution >= 4 is 11.9 Å². The van der Waals surface area contributed by atoms with Crippen molar-refractivity contribution in [1.29, 1.82) is 0 Å². The van der Waals surface area contributed by atoms with Gasteiger partial charge in [0.1, 0.15) is 0 Å². The highest BCUT2D eigenvalue weighted by atomic mass is 16.5. The zero-order chi connectivity index (χ0) is 11.4. The molecule has 0 aromatic heterocycles. The predicted molar refractivity (Wildman–Crippen MR) is 54.2 cm³/mol. The quantitative estimate of drug-likeness (QED) is 0.652. The average Bonchev–Trinajstić information content (AvgIpc) is 2.93. The van der Waals surface area contributed by atoms with Gasteiger partial charge in [0.2, 0.25) is 0 Å². The van der Waals surface area contributed by atoms with E-state index in [-0.39, 0.29) is 23.8 Å². The standard InChI is InChI=1S/C12H16O4/c1-15-11(13)9-7-4-8(6-3-5(6)7)10(9)12(14)16-2/h5-10H,3-4H2,1-2H3. The smallest absolute Gasteiger partial charge is 0.309 e. The van der Waals surface area contributed by atoms with E-state index in [2.05, 4.69) is 0 Å². The number of methoxy groups -OCH3 is 2. The van der Waals surface area contributed by atoms with Crippen LogP contribution in [-0.4, -0.2) is 26.2 Å². The third-order valence-corrected chi connectivity index (χ3v) is 4.79. The van der Waals surface area contributed by atoms with Gasteiger partial charge in [0.15, 0.2) is 0 Å². The summed E-state index contributed by atoms with van der Waals surface area (Å²) in [5.74, 6) is 1.14. The van der Waals surface area contributed by atoms with Gasteiger partial charge in [-0.2, -0.15) is 0 Å². The van der Waals surface area contributed by atoms with E-state index in [9.17, 15) is 9.59 Å². The van der Waals surface area contributed by atoms with Crippen LogP contribution in [0.15, 0.2) is 0 Å². The SMILES string of the molecule is COC(=O)C1C2CC(C3CC32)C1C(=O)OC. The van der Waals surface area contributed by atoms with Crippen LogP contribution in [0.4, 0.5) is 0 Å². The summed E-state index contributed by atoms with van der Waals surface area (Å²) in [6, 6.07) is 0. The second-order valence-corrected chi connectivity index (χ2v) is 5.22. The second kappa shape index (κ2) is 3.22. The first-order valence-corrected chi connectivity index (χ1v) is 5.84. The van der Waals surface area contributed by atoms with Crippen molar-refractivity contribution < 1.29 is 19.1 Å². The van der Waals surface area contributed by atoms with Gasteiger partial charge in [-0.25, -0.2) is 0 Å². The monoisotopic (exact) mass is 224 g/mol. The van der Waals surface area contributed by atoms with Gasteiger partial charge in [-0.1, -0.05) is 0 Å². The number of hydrogen-bond donors (Lipinski definition) is 0. The number of carbonyl (C=O) groups excluding carboxylic acids is 2. The van der Waals surface area contributed by atoms with Gasteiger partial charge in [0, 0.05) is 0 Å². The number of fused-ring (bicyclic) bond motifs is 5. The molecule has 2 bridgehead atoms. The summed E-state index contributed by atoms with van der Waals surface area (Å²) >= 11 is 0. The average molecular weight is 224 g/mol. The Bertz CT molecular complexity index is 319. The van der Waals surface area contributed by atoms with E-state index in [1.54, 1.807) is 0 Å². The first kappa shape index (κ1) is 10.1. The topological polar surface area (TPSA) is 52.6 Å². The molecule has 0 aromatic carbocycles. The first-order chi connectivity index (χ1) is 7.69. The molecule has 3 rings (SSSR count). The number of esters is 2. The lowest BCUT2D eigenvalue weighted by Gasteiger charge is -2.26. The Morgan fingerprint density at radius 1 is 0.812 bits per heavy atom. The summed E-state index contributed by atoms with van der Waals surface area (Å²) in [6.45, 7) is 0. The molecule has 0 saturated heterocycles. The van der Waals surface area contributed by atoms with E-state index in [1.165, 1.54) is 20.6 Å². The first-order valence-electron chi connectivity index (χ1n) is 5.84. The maximum atomic E-state index is 11.8. The summed E-state index contributed by atoms with van der Waals surface area (Å²) < 4.78 is 9.66. The molecule has 88 valence electrons. The molecule has 3 saturated carbocycles. The van der Waals surface area contributed by atoms with E-state index in [0.717, 1.165) is 6.42 Å². The van der Waals surface area contributed by atoms with Crippen LogP contribution < -0.4 is 0 Å². The van der Waals surface area contributed by atoms with Gasteiger partial charge >= 0.3 is 11.9 Å². The molecular weight excluding hydrogens is 208 g/mol. The van der Waals surface area contributed by atoms with E-state index in [1.807, 2.05) is 0 Å². The van der Waals surface area contributed by atoms with Gasteiger partial charge in [-0.3, -0.25) is 9.59 Å². The van der Waals surface area contributed by atoms with Crippen molar-refractivity contribution in [2.45, 2.75) is 12.8 Å². The summed E-state index contributed by atoms with van der Waals surface area (Å²) in [6.07, 6.45) is 2.20. The Kier molecular flexibility index (Phi) is 2.03. The fraction of sp³-hybridized carbons (Fsp3) is 0.833. The van der Waals surface area contributed by atoms with E-state index in [0.29, 0.717) is 23.7 Å². The van der Waals surface area contributed by atoms with Gasteiger partial charge in [-0.05, 0) is 36.5 Å². The van der Waals surface area contributed by atoms with Gasteiger partial charge in [-0.15, -0.1) is 0 Å². The molecule has 16 heavy (non-hydrogen) atoms. The van der Waals surface area contributed by atoms with Crippen LogP contribution >= 0.6 is 0 Å². The maximum absolute atomic E-state index is 11.8. The Labute approximate surface area is 94.3 Å². The van der Waals surface area contributed by atoms with Crippen LogP contribution in [0.25, 0.3) is 0 Å². The summed E-state index contributed by atoms with van der Waals surface area (Å²) in [4.78, 5) is 23.5. The lowest BCUT2D eigenvalue weighted by atomic mass is 9.79. The van der Waals surface area contributed by atoms with Crippen molar-refractivity contribution in [2.75, 3.05) is 14.2 Å². The number of ether oxygens (including phenoxy) is 2. The summed E-state index contributed by atoms with van der Waals surface area (Å²) in [7, 11) is 2.79. The Balaban J connectivity index is 1.89. The van der Waals surface area contributed by atoms with E-state index in [4.69, 9.17) is 9.47 Å². The van der Waals surface area contributed by atoms with Crippen molar-refractivity contribution in [3.05, 3.63) is 0 Å². The van der Waals surface area contributed by atoms with E-state index < -0.39 is 0 Å². The van der Waals surface area contributed by atoms with Crippen molar-refractivity contribution in [3.63, 3.8) is 0 Å². The highest BCUT2D eigenvalue weighted by Crippen LogP contribution is 2.69. The number of rotatable bonds is 2. The van der Waals surface area contributed by atoms with Crippen LogP contribution in [0.3, 0.4) is 0 Å². The summed E-state index contributed by atoms with van der Waals surface area (Å²) in [5.41, 5.74) is 0. The fourth-order valence-electron chi connectivity index (χ4n) is 4.16. The Hall–Kier alpha value is -1.06. The molecule has 0 aliphatic heterocycles. The second-order valence-electron chi connectivity index (χ2n) is 5.22. The third kappa shape index (κ3) is 1.10. The predicted octanol–water partition coefficient (Wildman–Crippen LogP) is 0.851. The minimum Gasteiger partial charge on any atom is -0.469 e. The largest absolute Gasteiger partial charge is 0.469 e. The molecule has 0 heterocycles. The zero-order valence-electron chi connectivity index (χ0n) is 9.51. The molecule has 6 unspecified atom stereocenters. The van der Waals surface area contributed by atoms with Crippen LogP contribution in [0.2, 0.25) is 0 Å². The van der Waals surface area contributed by atoms with Crippen LogP contribution in [0.1, 0.15) is 12.8 Å². The van der Waals surface area contributed by atoms with Gasteiger partial charge in [0.25, 0.3) is 0 Å². The minimum absolute atomic E-state index is 0.228. The Morgan fingerprint density at radius 3 is 1.56 bits per heavy atom. The van der Waals surface area contributed by atoms with Crippen molar-refractivity contribution in [3.8, 4) is 0 Å². The number of carbonyl (C=O) groups is 2. The number of hydrogen-bond acceptors (Lipinski definition) is 4. The zero-order valence-corrected chi connectivity index (χ0v) is 9.51. The lowest BCUT2D eigenvalue weighted by Crippen LogP contribution is -2.37. The highest BCUT2D eigenvalue weighted by Gasteiger charge is 2.69. The molecule has 3 fully saturated rings. The Morgan fingerprint density at radius 2 is 1.19 bits per heavy atom. The molecule has 6 atom stereocenters. The fourth-order valence-corrected chi connectivity index (χ4v) is 4.16.